The van der Waals surface area contributed by atoms with Crippen LogP contribution >= 0.6 is 11.6 Å². The van der Waals surface area contributed by atoms with Crippen LogP contribution in [0.2, 0.25) is 5.02 Å². The lowest BCUT2D eigenvalue weighted by Gasteiger charge is -2.05. The van der Waals surface area contributed by atoms with E-state index in [9.17, 15) is 4.39 Å². The molecule has 0 amide bonds. The van der Waals surface area contributed by atoms with E-state index in [0.29, 0.717) is 22.1 Å². The van der Waals surface area contributed by atoms with Crippen LogP contribution in [0.5, 0.6) is 0 Å². The van der Waals surface area contributed by atoms with Crippen LogP contribution in [0.1, 0.15) is 0 Å². The standard InChI is InChI=1S/C13H9ClFN5/c14-9-2-1-3-10(7-9)20-13(17-18-19-20)8-4-5-12(16)11(15)6-8/h1-7H,16H2. The van der Waals surface area contributed by atoms with E-state index in [1.165, 1.54) is 16.8 Å². The van der Waals surface area contributed by atoms with Gasteiger partial charge in [0.2, 0.25) is 0 Å². The van der Waals surface area contributed by atoms with Crippen molar-refractivity contribution in [2.24, 2.45) is 0 Å². The maximum atomic E-state index is 13.5. The minimum Gasteiger partial charge on any atom is -0.396 e. The van der Waals surface area contributed by atoms with Crippen LogP contribution in [0, 0.1) is 5.82 Å². The first-order valence-electron chi connectivity index (χ1n) is 5.75. The first-order chi connectivity index (χ1) is 9.65. The monoisotopic (exact) mass is 289 g/mol. The number of nitrogen functional groups attached to an aromatic ring is 1. The number of hydrogen-bond donors (Lipinski definition) is 1. The molecule has 0 aliphatic heterocycles. The highest BCUT2D eigenvalue weighted by Gasteiger charge is 2.12. The molecule has 0 aliphatic carbocycles. The van der Waals surface area contributed by atoms with Gasteiger partial charge in [0.15, 0.2) is 5.82 Å². The summed E-state index contributed by atoms with van der Waals surface area (Å²) in [6.45, 7) is 0. The topological polar surface area (TPSA) is 69.6 Å². The van der Waals surface area contributed by atoms with E-state index in [0.717, 1.165) is 0 Å². The number of nitrogens with zero attached hydrogens (tertiary/aromatic N) is 4. The Kier molecular flexibility index (Phi) is 3.08. The molecule has 0 saturated carbocycles. The van der Waals surface area contributed by atoms with Gasteiger partial charge in [0.1, 0.15) is 5.82 Å². The Labute approximate surface area is 118 Å². The van der Waals surface area contributed by atoms with Crippen LogP contribution in [0.15, 0.2) is 42.5 Å². The third-order valence-electron chi connectivity index (χ3n) is 2.78. The van der Waals surface area contributed by atoms with Crippen LogP contribution in [0.25, 0.3) is 17.1 Å². The van der Waals surface area contributed by atoms with Crippen LogP contribution in [0.3, 0.4) is 0 Å². The minimum atomic E-state index is -0.511. The number of halogens is 2. The molecule has 1 heterocycles. The van der Waals surface area contributed by atoms with Crippen molar-refractivity contribution in [3.8, 4) is 17.1 Å². The molecule has 2 aromatic carbocycles. The predicted octanol–water partition coefficient (Wildman–Crippen LogP) is 2.70. The van der Waals surface area contributed by atoms with Gasteiger partial charge in [-0.1, -0.05) is 17.7 Å². The zero-order chi connectivity index (χ0) is 14.1. The number of hydrogen-bond acceptors (Lipinski definition) is 4. The number of aromatic nitrogens is 4. The van der Waals surface area contributed by atoms with Crippen molar-refractivity contribution in [1.82, 2.24) is 20.2 Å². The van der Waals surface area contributed by atoms with E-state index < -0.39 is 5.82 Å². The Bertz CT molecular complexity index is 771. The number of benzene rings is 2. The molecule has 3 rings (SSSR count). The molecule has 0 atom stereocenters. The van der Waals surface area contributed by atoms with Gasteiger partial charge in [-0.15, -0.1) is 5.10 Å². The highest BCUT2D eigenvalue weighted by Crippen LogP contribution is 2.23. The Morgan fingerprint density at radius 1 is 1.15 bits per heavy atom. The number of tetrazole rings is 1. The summed E-state index contributed by atoms with van der Waals surface area (Å²) in [5.41, 5.74) is 6.76. The average molecular weight is 290 g/mol. The second-order valence-electron chi connectivity index (χ2n) is 4.13. The first kappa shape index (κ1) is 12.6. The third-order valence-corrected chi connectivity index (χ3v) is 3.02. The Hall–Kier alpha value is -2.47. The highest BCUT2D eigenvalue weighted by molar-refractivity contribution is 6.30. The van der Waals surface area contributed by atoms with Crippen LogP contribution < -0.4 is 5.73 Å². The van der Waals surface area contributed by atoms with E-state index in [1.54, 1.807) is 30.3 Å². The van der Waals surface area contributed by atoms with Crippen molar-refractivity contribution in [1.29, 1.82) is 0 Å². The van der Waals surface area contributed by atoms with Gasteiger partial charge in [0.25, 0.3) is 0 Å². The molecule has 0 saturated heterocycles. The predicted molar refractivity (Wildman–Crippen MR) is 74.0 cm³/mol. The van der Waals surface area contributed by atoms with E-state index in [1.807, 2.05) is 0 Å². The van der Waals surface area contributed by atoms with Crippen molar-refractivity contribution in [2.45, 2.75) is 0 Å². The average Bonchev–Trinajstić information content (AvgIpc) is 2.91. The van der Waals surface area contributed by atoms with Crippen LogP contribution in [-0.2, 0) is 0 Å². The molecule has 20 heavy (non-hydrogen) atoms. The first-order valence-corrected chi connectivity index (χ1v) is 6.12. The van der Waals surface area contributed by atoms with E-state index >= 15 is 0 Å². The molecule has 2 N–H and O–H groups in total. The summed E-state index contributed by atoms with van der Waals surface area (Å²) in [4.78, 5) is 0. The van der Waals surface area contributed by atoms with Gasteiger partial charge in [-0.25, -0.2) is 4.39 Å². The van der Waals surface area contributed by atoms with Crippen molar-refractivity contribution in [2.75, 3.05) is 5.73 Å². The Balaban J connectivity index is 2.12. The summed E-state index contributed by atoms with van der Waals surface area (Å²) in [5.74, 6) is -0.102. The Morgan fingerprint density at radius 2 is 2.00 bits per heavy atom. The molecule has 100 valence electrons. The smallest absolute Gasteiger partial charge is 0.187 e. The molecular formula is C13H9ClFN5. The maximum Gasteiger partial charge on any atom is 0.187 e. The normalized spacial score (nSPS) is 10.7. The number of nitrogens with two attached hydrogens (primary N) is 1. The van der Waals surface area contributed by atoms with Crippen molar-refractivity contribution in [3.63, 3.8) is 0 Å². The molecule has 3 aromatic rings. The van der Waals surface area contributed by atoms with Gasteiger partial charge in [0, 0.05) is 10.6 Å². The summed E-state index contributed by atoms with van der Waals surface area (Å²) in [6.07, 6.45) is 0. The quantitative estimate of drug-likeness (QED) is 0.736. The molecule has 0 radical (unpaired) electrons. The van der Waals surface area contributed by atoms with Gasteiger partial charge in [-0.3, -0.25) is 0 Å². The molecule has 1 aromatic heterocycles. The molecular weight excluding hydrogens is 281 g/mol. The minimum absolute atomic E-state index is 0.0792. The second kappa shape index (κ2) is 4.90. The van der Waals surface area contributed by atoms with E-state index in [4.69, 9.17) is 17.3 Å². The van der Waals surface area contributed by atoms with E-state index in [2.05, 4.69) is 15.5 Å². The van der Waals surface area contributed by atoms with Gasteiger partial charge >= 0.3 is 0 Å². The van der Waals surface area contributed by atoms with Gasteiger partial charge in [0.05, 0.1) is 11.4 Å². The van der Waals surface area contributed by atoms with E-state index in [-0.39, 0.29) is 5.69 Å². The maximum absolute atomic E-state index is 13.5. The van der Waals surface area contributed by atoms with Crippen molar-refractivity contribution >= 4 is 17.3 Å². The van der Waals surface area contributed by atoms with Gasteiger partial charge < -0.3 is 5.73 Å². The summed E-state index contributed by atoms with van der Waals surface area (Å²) in [7, 11) is 0. The third kappa shape index (κ3) is 2.21. The van der Waals surface area contributed by atoms with Gasteiger partial charge in [-0.05, 0) is 46.8 Å². The highest BCUT2D eigenvalue weighted by atomic mass is 35.5. The molecule has 0 aliphatic rings. The van der Waals surface area contributed by atoms with Crippen molar-refractivity contribution in [3.05, 3.63) is 53.3 Å². The molecule has 0 unspecified atom stereocenters. The van der Waals surface area contributed by atoms with Crippen LogP contribution in [-0.4, -0.2) is 20.2 Å². The molecule has 0 spiro atoms. The lowest BCUT2D eigenvalue weighted by Crippen LogP contribution is -2.00. The molecule has 7 heteroatoms. The Morgan fingerprint density at radius 3 is 2.75 bits per heavy atom. The fourth-order valence-corrected chi connectivity index (χ4v) is 2.00. The lowest BCUT2D eigenvalue weighted by molar-refractivity contribution is 0.632. The molecule has 0 fully saturated rings. The summed E-state index contributed by atoms with van der Waals surface area (Å²) >= 11 is 5.95. The number of rotatable bonds is 2. The van der Waals surface area contributed by atoms with Crippen molar-refractivity contribution < 1.29 is 4.39 Å². The van der Waals surface area contributed by atoms with Crippen LogP contribution in [0.4, 0.5) is 10.1 Å². The second-order valence-corrected chi connectivity index (χ2v) is 4.57. The summed E-state index contributed by atoms with van der Waals surface area (Å²) in [6, 6.07) is 11.5. The zero-order valence-electron chi connectivity index (χ0n) is 10.2. The fourth-order valence-electron chi connectivity index (χ4n) is 1.82. The SMILES string of the molecule is Nc1ccc(-c2nnnn2-c2cccc(Cl)c2)cc1F. The zero-order valence-corrected chi connectivity index (χ0v) is 10.9. The molecule has 0 bridgehead atoms. The fraction of sp³-hybridized carbons (Fsp3) is 0. The number of anilines is 1. The van der Waals surface area contributed by atoms with Gasteiger partial charge in [-0.2, -0.15) is 4.68 Å². The molecule has 5 nitrogen and oxygen atoms in total. The summed E-state index contributed by atoms with van der Waals surface area (Å²) in [5, 5.41) is 12.0. The largest absolute Gasteiger partial charge is 0.396 e. The summed E-state index contributed by atoms with van der Waals surface area (Å²) < 4.78 is 15.0. The lowest BCUT2D eigenvalue weighted by atomic mass is 10.2.